The molecule has 134 heavy (non-hydrogen) atoms. The zero-order valence-electron chi connectivity index (χ0n) is 98.0. The average molecular weight is 1800 g/mol. The molecule has 0 fully saturated rings. The second-order valence-electron chi connectivity index (χ2n) is 42.5. The SMILES string of the molecule is Cc1c(C)c(C)c(-c2c(C)c(C)c(C)c(C)c2C)c(C)c1C.Cc1c(C)c(C)c(-c2c(C)c(C)c(C)c(C)c2C)c(C)c1C.Cc1c(C)c(C)c(C)c(C)c1C.Cc1c(C)c(C)c(C)c(C)c1C.Cc1c(C)c(C)c(C)c(C)c1C.Cc1c(C)c(C)c2c(C)c(C)c(C)c(C)c2c1C.Cc1c(C)c(C)c2c(C)c(C)c(C)c(C)c2c1C.Cc1c(C)c(C)c2c(C)c(C)c(C)c(C)c2c1C. The molecule has 0 atom stereocenters. The molecule has 0 aliphatic heterocycles. The first-order valence-corrected chi connectivity index (χ1v) is 50.2. The second kappa shape index (κ2) is 43.6. The molecule has 0 bridgehead atoms. The molecule has 0 saturated heterocycles. The van der Waals surface area contributed by atoms with Gasteiger partial charge in [0.25, 0.3) is 0 Å². The van der Waals surface area contributed by atoms with E-state index in [1.54, 1.807) is 0 Å². The van der Waals surface area contributed by atoms with Gasteiger partial charge in [0.05, 0.1) is 0 Å². The fourth-order valence-electron chi connectivity index (χ4n) is 22.1. The first-order chi connectivity index (χ1) is 61.5. The molecule has 13 aromatic carbocycles. The minimum atomic E-state index is 1.44. The Hall–Kier alpha value is -9.36. The van der Waals surface area contributed by atoms with Gasteiger partial charge in [-0.2, -0.15) is 0 Å². The van der Waals surface area contributed by atoms with Gasteiger partial charge in [-0.05, 0) is 829 Å². The van der Waals surface area contributed by atoms with Crippen LogP contribution in [0, 0.1) is 429 Å². The summed E-state index contributed by atoms with van der Waals surface area (Å²) in [4.78, 5) is 0. The molecule has 13 rings (SSSR count). The van der Waals surface area contributed by atoms with Crippen molar-refractivity contribution in [2.45, 2.75) is 429 Å². The number of hydrogen-bond acceptors (Lipinski definition) is 0. The van der Waals surface area contributed by atoms with Crippen molar-refractivity contribution in [1.29, 1.82) is 0 Å². The standard InChI is InChI=1S/2C22H30.3C18H24.3C12H18/c2*1-11-13(3)17(7)21(18(8)14(11)4)22-19(9)15(5)12(2)16(6)20(22)10;3*1-9-10(2)14(6)18-16(8)12(4)11(3)15(7)17(18)13(9)5;3*1-7-8(2)10(4)12(6)11(5)9(7)3/h2*1-10H3;3*1-8H3;3*1-6H3. The molecule has 0 nitrogen and oxygen atoms in total. The molecule has 0 aliphatic carbocycles. The van der Waals surface area contributed by atoms with Crippen LogP contribution in [0.15, 0.2) is 0 Å². The fraction of sp³-hybridized carbons (Fsp3) is 0.463. The summed E-state index contributed by atoms with van der Waals surface area (Å²) < 4.78 is 0. The highest BCUT2D eigenvalue weighted by molar-refractivity contribution is 6.00. The molecule has 0 heteroatoms. The zero-order valence-corrected chi connectivity index (χ0v) is 98.0. The van der Waals surface area contributed by atoms with Gasteiger partial charge in [0.1, 0.15) is 0 Å². The Morgan fingerprint density at radius 3 is 0.134 bits per heavy atom. The number of rotatable bonds is 2. The van der Waals surface area contributed by atoms with E-state index < -0.39 is 0 Å². The Morgan fingerprint density at radius 2 is 0.0821 bits per heavy atom. The van der Waals surface area contributed by atoms with Crippen LogP contribution >= 0.6 is 0 Å². The van der Waals surface area contributed by atoms with Crippen LogP contribution in [0.25, 0.3) is 54.6 Å². The molecular formula is C134H186. The smallest absolute Gasteiger partial charge is 0.0114 e. The molecule has 0 unspecified atom stereocenters. The maximum absolute atomic E-state index is 2.29. The van der Waals surface area contributed by atoms with Crippen molar-refractivity contribution in [1.82, 2.24) is 0 Å². The van der Waals surface area contributed by atoms with E-state index in [2.05, 4.69) is 429 Å². The summed E-state index contributed by atoms with van der Waals surface area (Å²) in [5, 5.41) is 8.90. The molecule has 0 amide bonds. The lowest BCUT2D eigenvalue weighted by atomic mass is 9.80. The highest BCUT2D eigenvalue weighted by atomic mass is 14.3. The van der Waals surface area contributed by atoms with Crippen LogP contribution in [0.3, 0.4) is 0 Å². The van der Waals surface area contributed by atoms with E-state index in [0.29, 0.717) is 0 Å². The van der Waals surface area contributed by atoms with Gasteiger partial charge in [0.2, 0.25) is 0 Å². The minimum absolute atomic E-state index is 1.44. The van der Waals surface area contributed by atoms with Gasteiger partial charge in [-0.1, -0.05) is 0 Å². The first-order valence-electron chi connectivity index (χ1n) is 50.2. The third kappa shape index (κ3) is 20.3. The van der Waals surface area contributed by atoms with E-state index in [4.69, 9.17) is 0 Å². The van der Waals surface area contributed by atoms with Gasteiger partial charge in [-0.3, -0.25) is 0 Å². The highest BCUT2D eigenvalue weighted by Gasteiger charge is 2.26. The predicted octanol–water partition coefficient (Wildman–Crippen LogP) is 39.4. The molecule has 0 aliphatic rings. The van der Waals surface area contributed by atoms with E-state index in [1.807, 2.05) is 0 Å². The topological polar surface area (TPSA) is 0 Å². The first kappa shape index (κ1) is 113. The lowest BCUT2D eigenvalue weighted by Crippen LogP contribution is -2.05. The number of hydrogen-bond donors (Lipinski definition) is 0. The van der Waals surface area contributed by atoms with Gasteiger partial charge in [0.15, 0.2) is 0 Å². The maximum Gasteiger partial charge on any atom is -0.0114 e. The summed E-state index contributed by atoms with van der Waals surface area (Å²) in [5.41, 5.74) is 95.7. The molecule has 0 radical (unpaired) electrons. The summed E-state index contributed by atoms with van der Waals surface area (Å²) in [6.07, 6.45) is 0. The Bertz CT molecular complexity index is 5440. The lowest BCUT2D eigenvalue weighted by molar-refractivity contribution is 1.13. The van der Waals surface area contributed by atoms with Crippen LogP contribution in [0.4, 0.5) is 0 Å². The monoisotopic (exact) mass is 1800 g/mol. The summed E-state index contributed by atoms with van der Waals surface area (Å²) in [5.74, 6) is 0. The van der Waals surface area contributed by atoms with Crippen molar-refractivity contribution in [3.63, 3.8) is 0 Å². The summed E-state index contributed by atoms with van der Waals surface area (Å²) in [6, 6.07) is 0. The molecule has 722 valence electrons. The van der Waals surface area contributed by atoms with Crippen LogP contribution in [0.1, 0.15) is 345 Å². The number of aryl methyl sites for hydroxylation is 12. The minimum Gasteiger partial charge on any atom is -0.0447 e. The van der Waals surface area contributed by atoms with E-state index >= 15 is 0 Å². The van der Waals surface area contributed by atoms with Crippen molar-refractivity contribution in [2.24, 2.45) is 0 Å². The zero-order chi connectivity index (χ0) is 104. The fourth-order valence-corrected chi connectivity index (χ4v) is 22.1. The summed E-state index contributed by atoms with van der Waals surface area (Å²) >= 11 is 0. The molecule has 0 spiro atoms. The van der Waals surface area contributed by atoms with Crippen LogP contribution in [-0.2, 0) is 0 Å². The van der Waals surface area contributed by atoms with Gasteiger partial charge in [-0.15, -0.1) is 0 Å². The molecule has 13 aromatic rings. The quantitative estimate of drug-likeness (QED) is 0.162. The number of benzene rings is 13. The largest absolute Gasteiger partial charge is 0.0447 e. The Kier molecular flexibility index (Phi) is 36.8. The predicted molar refractivity (Wildman–Crippen MR) is 609 cm³/mol. The van der Waals surface area contributed by atoms with Crippen LogP contribution in [0.5, 0.6) is 0 Å². The molecule has 0 N–H and O–H groups in total. The normalized spacial score (nSPS) is 11.1. The average Bonchev–Trinajstić information content (AvgIpc) is 0.730. The van der Waals surface area contributed by atoms with Gasteiger partial charge >= 0.3 is 0 Å². The Morgan fingerprint density at radius 1 is 0.0448 bits per heavy atom. The summed E-state index contributed by atoms with van der Waals surface area (Å²) in [6.45, 7) is 139. The third-order valence-electron chi connectivity index (χ3n) is 38.0. The van der Waals surface area contributed by atoms with Gasteiger partial charge in [-0.25, -0.2) is 0 Å². The van der Waals surface area contributed by atoms with E-state index in [9.17, 15) is 0 Å². The van der Waals surface area contributed by atoms with Crippen LogP contribution < -0.4 is 0 Å². The Labute approximate surface area is 823 Å². The Balaban J connectivity index is 0.000000238. The molecule has 0 heterocycles. The van der Waals surface area contributed by atoms with E-state index in [1.165, 1.54) is 400 Å². The lowest BCUT2D eigenvalue weighted by Gasteiger charge is -2.25. The molecule has 0 saturated carbocycles. The molecular weight excluding hydrogens is 1610 g/mol. The van der Waals surface area contributed by atoms with Crippen molar-refractivity contribution in [3.05, 3.63) is 345 Å². The van der Waals surface area contributed by atoms with Gasteiger partial charge in [0, 0.05) is 0 Å². The van der Waals surface area contributed by atoms with Crippen molar-refractivity contribution >= 4 is 32.3 Å². The van der Waals surface area contributed by atoms with E-state index in [0.717, 1.165) is 0 Å². The third-order valence-corrected chi connectivity index (χ3v) is 38.0. The van der Waals surface area contributed by atoms with Gasteiger partial charge < -0.3 is 0 Å². The molecule has 0 aromatic heterocycles. The van der Waals surface area contributed by atoms with Crippen LogP contribution in [0.2, 0.25) is 0 Å². The van der Waals surface area contributed by atoms with Crippen molar-refractivity contribution in [2.75, 3.05) is 0 Å². The highest BCUT2D eigenvalue weighted by Crippen LogP contribution is 2.46. The van der Waals surface area contributed by atoms with Crippen molar-refractivity contribution < 1.29 is 0 Å². The van der Waals surface area contributed by atoms with Crippen LogP contribution in [-0.4, -0.2) is 0 Å². The summed E-state index contributed by atoms with van der Waals surface area (Å²) in [7, 11) is 0. The van der Waals surface area contributed by atoms with Crippen molar-refractivity contribution in [3.8, 4) is 22.3 Å². The maximum atomic E-state index is 2.29. The number of fused-ring (bicyclic) bond motifs is 3. The van der Waals surface area contributed by atoms with E-state index in [-0.39, 0.29) is 0 Å². The second-order valence-corrected chi connectivity index (χ2v) is 42.5.